The van der Waals surface area contributed by atoms with Crippen molar-refractivity contribution in [1.29, 1.82) is 0 Å². The zero-order chi connectivity index (χ0) is 21.7. The van der Waals surface area contributed by atoms with Crippen LogP contribution in [0.1, 0.15) is 96.8 Å². The summed E-state index contributed by atoms with van der Waals surface area (Å²) in [6.07, 6.45) is 26.9. The van der Waals surface area contributed by atoms with Crippen LogP contribution in [0.15, 0.2) is 24.3 Å². The van der Waals surface area contributed by atoms with Crippen molar-refractivity contribution in [2.24, 2.45) is 5.73 Å². The summed E-state index contributed by atoms with van der Waals surface area (Å²) < 4.78 is 0. The molecule has 4 nitrogen and oxygen atoms in total. The molecule has 0 saturated heterocycles. The molecule has 0 fully saturated rings. The van der Waals surface area contributed by atoms with E-state index >= 15 is 0 Å². The summed E-state index contributed by atoms with van der Waals surface area (Å²) in [7, 11) is 1.97. The van der Waals surface area contributed by atoms with Gasteiger partial charge in [0.25, 0.3) is 0 Å². The fourth-order valence-electron chi connectivity index (χ4n) is 2.78. The molecule has 0 atom stereocenters. The normalized spacial score (nSPS) is 11.1. The third kappa shape index (κ3) is 34.9. The Balaban J connectivity index is 0. The van der Waals surface area contributed by atoms with E-state index in [1.807, 2.05) is 7.05 Å². The zero-order valence-electron chi connectivity index (χ0n) is 19.6. The molecule has 0 radical (unpaired) electrons. The Morgan fingerprint density at radius 2 is 1.28 bits per heavy atom. The molecule has 0 heterocycles. The summed E-state index contributed by atoms with van der Waals surface area (Å²) >= 11 is 0. The van der Waals surface area contributed by atoms with E-state index in [0.717, 1.165) is 58.1 Å². The molecule has 0 saturated carbocycles. The van der Waals surface area contributed by atoms with E-state index in [2.05, 4.69) is 41.9 Å². The number of hydrogen-bond donors (Lipinski definition) is 3. The smallest absolute Gasteiger partial charge is 0.119 e. The van der Waals surface area contributed by atoms with E-state index in [-0.39, 0.29) is 0 Å². The minimum absolute atomic E-state index is 0.741. The number of rotatable bonds is 21. The lowest BCUT2D eigenvalue weighted by Crippen LogP contribution is -2.22. The highest BCUT2D eigenvalue weighted by molar-refractivity contribution is 5.48. The maximum absolute atomic E-state index is 10.1. The fourth-order valence-corrected chi connectivity index (χ4v) is 2.78. The lowest BCUT2D eigenvalue weighted by Gasteiger charge is -2.01. The molecule has 4 N–H and O–H groups in total. The fraction of sp³-hybridized carbons (Fsp3) is 0.800. The average Bonchev–Trinajstić information content (AvgIpc) is 2.74. The number of carbonyl (C=O) groups is 1. The van der Waals surface area contributed by atoms with Crippen LogP contribution in [0.5, 0.6) is 0 Å². The summed E-state index contributed by atoms with van der Waals surface area (Å²) in [5.41, 5.74) is 5.32. The summed E-state index contributed by atoms with van der Waals surface area (Å²) in [4.78, 5) is 10.1. The number of nitrogens with one attached hydrogen (secondary N) is 2. The Labute approximate surface area is 182 Å². The van der Waals surface area contributed by atoms with E-state index < -0.39 is 0 Å². The van der Waals surface area contributed by atoms with Crippen LogP contribution in [0.4, 0.5) is 0 Å². The van der Waals surface area contributed by atoms with Gasteiger partial charge in [-0.05, 0) is 84.6 Å². The van der Waals surface area contributed by atoms with E-state index in [1.165, 1.54) is 64.2 Å². The Hall–Kier alpha value is -0.970. The summed E-state index contributed by atoms with van der Waals surface area (Å²) in [5.74, 6) is 0. The summed E-state index contributed by atoms with van der Waals surface area (Å²) in [6, 6.07) is 0. The largest absolute Gasteiger partial charge is 0.330 e. The van der Waals surface area contributed by atoms with E-state index in [9.17, 15) is 4.79 Å². The summed E-state index contributed by atoms with van der Waals surface area (Å²) in [5, 5.41) is 6.40. The van der Waals surface area contributed by atoms with Gasteiger partial charge in [0.2, 0.25) is 0 Å². The van der Waals surface area contributed by atoms with Gasteiger partial charge in [0.05, 0.1) is 0 Å². The number of allylic oxidation sites excluding steroid dienone is 4. The predicted octanol–water partition coefficient (Wildman–Crippen LogP) is 5.53. The Kier molecular flexibility index (Phi) is 33.1. The first-order valence-electron chi connectivity index (χ1n) is 12.1. The van der Waals surface area contributed by atoms with Gasteiger partial charge < -0.3 is 21.2 Å². The van der Waals surface area contributed by atoms with Gasteiger partial charge in [0, 0.05) is 6.42 Å². The van der Waals surface area contributed by atoms with Crippen molar-refractivity contribution in [1.82, 2.24) is 10.6 Å². The number of unbranched alkanes of at least 4 members (excludes halogenated alkanes) is 9. The molecule has 0 aromatic heterocycles. The van der Waals surface area contributed by atoms with Gasteiger partial charge in [0.1, 0.15) is 6.29 Å². The predicted molar refractivity (Wildman–Crippen MR) is 131 cm³/mol. The van der Waals surface area contributed by atoms with E-state index in [1.54, 1.807) is 0 Å². The minimum Gasteiger partial charge on any atom is -0.330 e. The third-order valence-corrected chi connectivity index (χ3v) is 4.61. The molecule has 0 bridgehead atoms. The Morgan fingerprint density at radius 1 is 0.690 bits per heavy atom. The van der Waals surface area contributed by atoms with Crippen LogP contribution in [0.2, 0.25) is 0 Å². The van der Waals surface area contributed by atoms with Crippen molar-refractivity contribution in [2.75, 3.05) is 33.2 Å². The molecule has 0 spiro atoms. The van der Waals surface area contributed by atoms with Gasteiger partial charge in [-0.1, -0.05) is 63.3 Å². The second-order valence-corrected chi connectivity index (χ2v) is 7.54. The van der Waals surface area contributed by atoms with Crippen LogP contribution in [0.3, 0.4) is 0 Å². The number of hydrogen-bond acceptors (Lipinski definition) is 4. The van der Waals surface area contributed by atoms with Gasteiger partial charge in [-0.3, -0.25) is 0 Å². The lowest BCUT2D eigenvalue weighted by atomic mass is 10.1. The highest BCUT2D eigenvalue weighted by Crippen LogP contribution is 2.07. The molecular formula is C25H51N3O. The van der Waals surface area contributed by atoms with E-state index in [0.29, 0.717) is 0 Å². The van der Waals surface area contributed by atoms with Gasteiger partial charge in [-0.15, -0.1) is 0 Å². The molecule has 0 aliphatic heterocycles. The van der Waals surface area contributed by atoms with Crippen molar-refractivity contribution in [3.05, 3.63) is 24.3 Å². The zero-order valence-corrected chi connectivity index (χ0v) is 19.6. The molecule has 0 rings (SSSR count). The maximum atomic E-state index is 10.1. The molecule has 0 aromatic rings. The molecule has 0 amide bonds. The van der Waals surface area contributed by atoms with Gasteiger partial charge >= 0.3 is 0 Å². The first-order valence-corrected chi connectivity index (χ1v) is 12.1. The summed E-state index contributed by atoms with van der Waals surface area (Å²) in [6.45, 7) is 6.28. The van der Waals surface area contributed by atoms with Gasteiger partial charge in [-0.25, -0.2) is 0 Å². The second kappa shape index (κ2) is 31.7. The van der Waals surface area contributed by atoms with Crippen LogP contribution in [0.25, 0.3) is 0 Å². The van der Waals surface area contributed by atoms with Crippen molar-refractivity contribution in [3.8, 4) is 0 Å². The second-order valence-electron chi connectivity index (χ2n) is 7.54. The first kappa shape index (κ1) is 30.2. The van der Waals surface area contributed by atoms with Crippen LogP contribution in [0, 0.1) is 0 Å². The van der Waals surface area contributed by atoms with Crippen molar-refractivity contribution < 1.29 is 4.79 Å². The molecule has 0 unspecified atom stereocenters. The average molecular weight is 410 g/mol. The monoisotopic (exact) mass is 409 g/mol. The maximum Gasteiger partial charge on any atom is 0.119 e. The van der Waals surface area contributed by atoms with Crippen molar-refractivity contribution in [2.45, 2.75) is 96.8 Å². The topological polar surface area (TPSA) is 67.2 Å². The van der Waals surface area contributed by atoms with Gasteiger partial charge in [0.15, 0.2) is 0 Å². The van der Waals surface area contributed by atoms with Crippen LogP contribution < -0.4 is 16.4 Å². The first-order chi connectivity index (χ1) is 14.3. The Morgan fingerprint density at radius 3 is 1.86 bits per heavy atom. The Bertz CT molecular complexity index is 335. The number of nitrogens with two attached hydrogens (primary N) is 1. The SMILES string of the molecule is CCCCC/C=C\C/C=C\CCCCCCCC=O.CNCCCNCCCN. The molecule has 0 aliphatic rings. The van der Waals surface area contributed by atoms with E-state index in [4.69, 9.17) is 5.73 Å². The molecule has 0 aromatic carbocycles. The van der Waals surface area contributed by atoms with Crippen LogP contribution in [-0.2, 0) is 4.79 Å². The quantitative estimate of drug-likeness (QED) is 0.132. The number of aldehydes is 1. The minimum atomic E-state index is 0.741. The third-order valence-electron chi connectivity index (χ3n) is 4.61. The standard InChI is InChI=1S/C18H32O.C7H19N3/c1-2-3-4-5-6-7-8-9-10-11-12-13-14-15-16-17-18-19;1-9-5-3-7-10-6-2-4-8/h6-7,9-10,18H,2-5,8,11-17H2,1H3;9-10H,2-8H2,1H3/b7-6-,10-9-;. The lowest BCUT2D eigenvalue weighted by molar-refractivity contribution is -0.107. The van der Waals surface area contributed by atoms with Crippen molar-refractivity contribution in [3.63, 3.8) is 0 Å². The molecule has 0 aliphatic carbocycles. The van der Waals surface area contributed by atoms with Crippen molar-refractivity contribution >= 4 is 6.29 Å². The molecule has 4 heteroatoms. The molecule has 172 valence electrons. The van der Waals surface area contributed by atoms with Gasteiger partial charge in [-0.2, -0.15) is 0 Å². The molecule has 29 heavy (non-hydrogen) atoms. The highest BCUT2D eigenvalue weighted by atomic mass is 16.1. The highest BCUT2D eigenvalue weighted by Gasteiger charge is 1.89. The van der Waals surface area contributed by atoms with Crippen LogP contribution >= 0.6 is 0 Å². The molecular weight excluding hydrogens is 358 g/mol. The number of carbonyl (C=O) groups excluding carboxylic acids is 1. The van der Waals surface area contributed by atoms with Crippen LogP contribution in [-0.4, -0.2) is 39.5 Å².